The molecule has 1 amide bonds. The number of carbonyl (C=O) groups is 2. The molecule has 1 aromatic carbocycles. The van der Waals surface area contributed by atoms with E-state index in [0.717, 1.165) is 11.1 Å². The summed E-state index contributed by atoms with van der Waals surface area (Å²) in [4.78, 5) is 25.1. The summed E-state index contributed by atoms with van der Waals surface area (Å²) in [5.74, 6) is -0.353. The second-order valence-electron chi connectivity index (χ2n) is 5.40. The van der Waals surface area contributed by atoms with Gasteiger partial charge in [0.15, 0.2) is 0 Å². The number of carbonyl (C=O) groups excluding carboxylic acids is 1. The smallest absolute Gasteiger partial charge is 0.339 e. The molecule has 0 radical (unpaired) electrons. The normalized spacial score (nSPS) is 10.5. The molecule has 1 aromatic heterocycles. The van der Waals surface area contributed by atoms with Crippen LogP contribution in [0.15, 0.2) is 28.7 Å². The second kappa shape index (κ2) is 6.05. The van der Waals surface area contributed by atoms with Crippen molar-refractivity contribution in [2.24, 2.45) is 0 Å². The van der Waals surface area contributed by atoms with Crippen molar-refractivity contribution in [1.82, 2.24) is 4.90 Å². The molecule has 2 aromatic rings. The van der Waals surface area contributed by atoms with E-state index in [-0.39, 0.29) is 18.0 Å². The molecule has 0 atom stereocenters. The number of hydrogen-bond donors (Lipinski definition) is 1. The average Bonchev–Trinajstić information content (AvgIpc) is 2.82. The van der Waals surface area contributed by atoms with Crippen LogP contribution >= 0.6 is 0 Å². The van der Waals surface area contributed by atoms with E-state index >= 15 is 0 Å². The zero-order chi connectivity index (χ0) is 16.4. The molecule has 22 heavy (non-hydrogen) atoms. The fraction of sp³-hybridized carbons (Fsp3) is 0.294. The van der Waals surface area contributed by atoms with Gasteiger partial charge < -0.3 is 14.4 Å². The van der Waals surface area contributed by atoms with Crippen LogP contribution in [0.2, 0.25) is 0 Å². The number of hydrogen-bond acceptors (Lipinski definition) is 3. The van der Waals surface area contributed by atoms with Crippen LogP contribution in [0.1, 0.15) is 43.4 Å². The lowest BCUT2D eigenvalue weighted by molar-refractivity contribution is 0.0694. The van der Waals surface area contributed by atoms with E-state index in [9.17, 15) is 9.59 Å². The fourth-order valence-electron chi connectivity index (χ4n) is 2.33. The predicted octanol–water partition coefficient (Wildman–Crippen LogP) is 3.18. The predicted molar refractivity (Wildman–Crippen MR) is 82.1 cm³/mol. The van der Waals surface area contributed by atoms with Gasteiger partial charge in [0.25, 0.3) is 5.91 Å². The van der Waals surface area contributed by atoms with Crippen LogP contribution in [0.3, 0.4) is 0 Å². The van der Waals surface area contributed by atoms with E-state index in [1.807, 2.05) is 26.0 Å². The molecule has 0 spiro atoms. The van der Waals surface area contributed by atoms with Crippen LogP contribution in [0.5, 0.6) is 0 Å². The van der Waals surface area contributed by atoms with Crippen molar-refractivity contribution >= 4 is 11.9 Å². The maximum atomic E-state index is 12.5. The first-order valence-corrected chi connectivity index (χ1v) is 6.95. The molecule has 0 aliphatic carbocycles. The van der Waals surface area contributed by atoms with Crippen molar-refractivity contribution in [3.05, 3.63) is 58.0 Å². The van der Waals surface area contributed by atoms with E-state index in [2.05, 4.69) is 0 Å². The highest BCUT2D eigenvalue weighted by Crippen LogP contribution is 2.19. The highest BCUT2D eigenvalue weighted by Gasteiger charge is 2.19. The number of rotatable bonds is 4. The molecule has 0 saturated carbocycles. The van der Waals surface area contributed by atoms with Crippen molar-refractivity contribution in [1.29, 1.82) is 0 Å². The lowest BCUT2D eigenvalue weighted by atomic mass is 10.0. The molecule has 0 aliphatic heterocycles. The minimum atomic E-state index is -1.03. The second-order valence-corrected chi connectivity index (χ2v) is 5.40. The first kappa shape index (κ1) is 15.8. The third-order valence-corrected chi connectivity index (χ3v) is 3.77. The molecule has 0 unspecified atom stereocenters. The van der Waals surface area contributed by atoms with Crippen molar-refractivity contribution in [3.63, 3.8) is 0 Å². The Morgan fingerprint density at radius 3 is 2.45 bits per heavy atom. The number of aromatic carboxylic acids is 1. The van der Waals surface area contributed by atoms with E-state index in [1.54, 1.807) is 20.0 Å². The van der Waals surface area contributed by atoms with Crippen LogP contribution in [0.25, 0.3) is 0 Å². The first-order valence-electron chi connectivity index (χ1n) is 6.95. The largest absolute Gasteiger partial charge is 0.478 e. The Balaban J connectivity index is 2.20. The molecule has 1 N–H and O–H groups in total. The molecule has 2 rings (SSSR count). The molecular weight excluding hydrogens is 282 g/mol. The van der Waals surface area contributed by atoms with Crippen molar-refractivity contribution in [2.75, 3.05) is 7.05 Å². The van der Waals surface area contributed by atoms with E-state index in [4.69, 9.17) is 9.52 Å². The maximum absolute atomic E-state index is 12.5. The van der Waals surface area contributed by atoms with Gasteiger partial charge in [-0.2, -0.15) is 0 Å². The van der Waals surface area contributed by atoms with Crippen LogP contribution in [-0.4, -0.2) is 28.9 Å². The van der Waals surface area contributed by atoms with Gasteiger partial charge in [0.2, 0.25) is 0 Å². The molecule has 0 aliphatic rings. The number of aryl methyl sites for hydroxylation is 2. The minimum Gasteiger partial charge on any atom is -0.478 e. The summed E-state index contributed by atoms with van der Waals surface area (Å²) in [7, 11) is 1.67. The monoisotopic (exact) mass is 301 g/mol. The van der Waals surface area contributed by atoms with Crippen LogP contribution in [0, 0.1) is 20.8 Å². The zero-order valence-corrected chi connectivity index (χ0v) is 13.1. The van der Waals surface area contributed by atoms with E-state index in [1.165, 1.54) is 11.0 Å². The van der Waals surface area contributed by atoms with Gasteiger partial charge in [0.1, 0.15) is 17.1 Å². The number of carboxylic acid groups (broad SMARTS) is 1. The minimum absolute atomic E-state index is 0.118. The zero-order valence-electron chi connectivity index (χ0n) is 13.1. The Morgan fingerprint density at radius 1 is 1.18 bits per heavy atom. The molecule has 116 valence electrons. The van der Waals surface area contributed by atoms with Crippen molar-refractivity contribution < 1.29 is 19.1 Å². The fourth-order valence-corrected chi connectivity index (χ4v) is 2.33. The highest BCUT2D eigenvalue weighted by atomic mass is 16.4. The summed E-state index contributed by atoms with van der Waals surface area (Å²) in [5, 5.41) is 9.03. The SMILES string of the molecule is Cc1cccc(C(=O)N(C)Cc2cc(C(=O)O)c(C)o2)c1C. The number of carboxylic acids is 1. The van der Waals surface area contributed by atoms with Gasteiger partial charge in [0, 0.05) is 12.6 Å². The average molecular weight is 301 g/mol. The van der Waals surface area contributed by atoms with Gasteiger partial charge in [-0.05, 0) is 44.0 Å². The highest BCUT2D eigenvalue weighted by molar-refractivity contribution is 5.95. The van der Waals surface area contributed by atoms with Gasteiger partial charge in [-0.1, -0.05) is 12.1 Å². The molecule has 0 fully saturated rings. The van der Waals surface area contributed by atoms with Crippen LogP contribution in [0.4, 0.5) is 0 Å². The standard InChI is InChI=1S/C17H19NO4/c1-10-6-5-7-14(11(10)2)16(19)18(4)9-13-8-15(17(20)21)12(3)22-13/h5-8H,9H2,1-4H3,(H,20,21). The number of furan rings is 1. The summed E-state index contributed by atoms with van der Waals surface area (Å²) in [6.45, 7) is 5.69. The van der Waals surface area contributed by atoms with Crippen LogP contribution in [-0.2, 0) is 6.54 Å². The van der Waals surface area contributed by atoms with E-state index < -0.39 is 5.97 Å². The summed E-state index contributed by atoms with van der Waals surface area (Å²) < 4.78 is 5.41. The maximum Gasteiger partial charge on any atom is 0.339 e. The summed E-state index contributed by atoms with van der Waals surface area (Å²) >= 11 is 0. The molecular formula is C17H19NO4. The number of amides is 1. The molecule has 5 heteroatoms. The summed E-state index contributed by atoms with van der Waals surface area (Å²) in [5.41, 5.74) is 2.77. The molecule has 5 nitrogen and oxygen atoms in total. The van der Waals surface area contributed by atoms with Gasteiger partial charge in [-0.25, -0.2) is 4.79 Å². The third kappa shape index (κ3) is 3.03. The molecule has 0 saturated heterocycles. The van der Waals surface area contributed by atoms with Crippen LogP contribution < -0.4 is 0 Å². The van der Waals surface area contributed by atoms with Gasteiger partial charge in [0.05, 0.1) is 6.54 Å². The Morgan fingerprint density at radius 2 is 1.86 bits per heavy atom. The topological polar surface area (TPSA) is 70.8 Å². The lowest BCUT2D eigenvalue weighted by Crippen LogP contribution is -2.26. The van der Waals surface area contributed by atoms with Gasteiger partial charge >= 0.3 is 5.97 Å². The lowest BCUT2D eigenvalue weighted by Gasteiger charge is -2.17. The Labute approximate surface area is 129 Å². The Kier molecular flexibility index (Phi) is 4.35. The molecule has 1 heterocycles. The first-order chi connectivity index (χ1) is 10.3. The van der Waals surface area contributed by atoms with Gasteiger partial charge in [-0.3, -0.25) is 4.79 Å². The molecule has 0 bridgehead atoms. The third-order valence-electron chi connectivity index (χ3n) is 3.77. The summed E-state index contributed by atoms with van der Waals surface area (Å²) in [6.07, 6.45) is 0. The Hall–Kier alpha value is -2.56. The summed E-state index contributed by atoms with van der Waals surface area (Å²) in [6, 6.07) is 7.06. The van der Waals surface area contributed by atoms with Crippen molar-refractivity contribution in [2.45, 2.75) is 27.3 Å². The quantitative estimate of drug-likeness (QED) is 0.941. The van der Waals surface area contributed by atoms with E-state index in [0.29, 0.717) is 17.1 Å². The number of benzene rings is 1. The van der Waals surface area contributed by atoms with Gasteiger partial charge in [-0.15, -0.1) is 0 Å². The van der Waals surface area contributed by atoms with Crippen molar-refractivity contribution in [3.8, 4) is 0 Å². The Bertz CT molecular complexity index is 730. The number of nitrogens with zero attached hydrogens (tertiary/aromatic N) is 1.